The maximum atomic E-state index is 5.06. The molecule has 29 heavy (non-hydrogen) atoms. The first kappa shape index (κ1) is 35.4. The van der Waals surface area contributed by atoms with Crippen LogP contribution in [0.3, 0.4) is 0 Å². The molecule has 0 aliphatic rings. The Hall–Kier alpha value is 1.79. The van der Waals surface area contributed by atoms with Crippen molar-refractivity contribution >= 4 is 107 Å². The average Bonchev–Trinajstić information content (AvgIpc) is 2.66. The summed E-state index contributed by atoms with van der Waals surface area (Å²) < 4.78 is 1.30. The van der Waals surface area contributed by atoms with Crippen molar-refractivity contribution in [1.29, 1.82) is 0 Å². The van der Waals surface area contributed by atoms with Crippen molar-refractivity contribution in [3.63, 3.8) is 0 Å². The molecule has 0 N–H and O–H groups in total. The van der Waals surface area contributed by atoms with Crippen LogP contribution in [0.4, 0.5) is 0 Å². The SMILES string of the molecule is CCCCCN(CCCCC)C(=S)[S-].CCCCCN(CCCCC)C(=S)[S-].[Ba+2]. The van der Waals surface area contributed by atoms with E-state index in [-0.39, 0.29) is 48.9 Å². The predicted molar refractivity (Wildman–Crippen MR) is 147 cm³/mol. The topological polar surface area (TPSA) is 6.48 Å². The zero-order valence-electron chi connectivity index (χ0n) is 19.5. The van der Waals surface area contributed by atoms with Crippen molar-refractivity contribution < 1.29 is 0 Å². The van der Waals surface area contributed by atoms with Crippen molar-refractivity contribution in [3.8, 4) is 0 Å². The molecular formula is C22H44BaN2S4. The fourth-order valence-corrected chi connectivity index (χ4v) is 3.53. The van der Waals surface area contributed by atoms with Gasteiger partial charge in [-0.05, 0) is 25.7 Å². The maximum Gasteiger partial charge on any atom is 2.00 e. The first-order chi connectivity index (χ1) is 13.4. The van der Waals surface area contributed by atoms with Gasteiger partial charge in [0.05, 0.1) is 0 Å². The van der Waals surface area contributed by atoms with E-state index in [1.54, 1.807) is 0 Å². The molecule has 0 saturated heterocycles. The third kappa shape index (κ3) is 25.9. The molecule has 0 fully saturated rings. The van der Waals surface area contributed by atoms with Crippen molar-refractivity contribution in [3.05, 3.63) is 0 Å². The molecule has 0 rings (SSSR count). The molecule has 2 nitrogen and oxygen atoms in total. The van der Waals surface area contributed by atoms with Crippen LogP contribution >= 0.6 is 24.4 Å². The molecule has 7 heteroatoms. The molecule has 0 atom stereocenters. The zero-order valence-corrected chi connectivity index (χ0v) is 27.3. The summed E-state index contributed by atoms with van der Waals surface area (Å²) in [5, 5.41) is 0. The minimum absolute atomic E-state index is 0. The Morgan fingerprint density at radius 2 is 0.724 bits per heavy atom. The molecule has 0 unspecified atom stereocenters. The number of unbranched alkanes of at least 4 members (excludes halogenated alkanes) is 8. The molecular weight excluding hydrogens is 558 g/mol. The number of rotatable bonds is 16. The summed E-state index contributed by atoms with van der Waals surface area (Å²) in [4.78, 5) is 4.35. The molecule has 0 amide bonds. The van der Waals surface area contributed by atoms with Gasteiger partial charge in [0.25, 0.3) is 0 Å². The second-order valence-electron chi connectivity index (χ2n) is 7.33. The average molecular weight is 602 g/mol. The molecule has 168 valence electrons. The Morgan fingerprint density at radius 3 is 0.862 bits per heavy atom. The summed E-state index contributed by atoms with van der Waals surface area (Å²) in [6, 6.07) is 0. The molecule has 0 bridgehead atoms. The van der Waals surface area contributed by atoms with Crippen LogP contribution in [0.2, 0.25) is 0 Å². The van der Waals surface area contributed by atoms with Crippen molar-refractivity contribution in [2.75, 3.05) is 26.2 Å². The predicted octanol–water partition coefficient (Wildman–Crippen LogP) is 6.62. The van der Waals surface area contributed by atoms with E-state index in [1.165, 1.54) is 77.0 Å². The Balaban J connectivity index is -0.000000451. The molecule has 0 aliphatic carbocycles. The van der Waals surface area contributed by atoms with Crippen LogP contribution in [0.1, 0.15) is 105 Å². The fraction of sp³-hybridized carbons (Fsp3) is 0.909. The first-order valence-corrected chi connectivity index (χ1v) is 13.0. The fourth-order valence-electron chi connectivity index (χ4n) is 2.80. The van der Waals surface area contributed by atoms with Gasteiger partial charge in [-0.15, -0.1) is 0 Å². The summed E-state index contributed by atoms with van der Waals surface area (Å²) >= 11 is 20.2. The van der Waals surface area contributed by atoms with E-state index in [4.69, 9.17) is 49.7 Å². The summed E-state index contributed by atoms with van der Waals surface area (Å²) in [6.45, 7) is 13.1. The molecule has 0 radical (unpaired) electrons. The van der Waals surface area contributed by atoms with Crippen LogP contribution in [0.15, 0.2) is 0 Å². The molecule has 0 heterocycles. The van der Waals surface area contributed by atoms with E-state index >= 15 is 0 Å². The second-order valence-corrected chi connectivity index (χ2v) is 9.40. The van der Waals surface area contributed by atoms with Gasteiger partial charge in [0.2, 0.25) is 0 Å². The summed E-state index contributed by atoms with van der Waals surface area (Å²) in [5.41, 5.74) is 0. The normalized spacial score (nSPS) is 9.79. The van der Waals surface area contributed by atoms with Gasteiger partial charge >= 0.3 is 48.9 Å². The first-order valence-electron chi connectivity index (χ1n) is 11.4. The van der Waals surface area contributed by atoms with E-state index in [9.17, 15) is 0 Å². The van der Waals surface area contributed by atoms with Crippen molar-refractivity contribution in [2.24, 2.45) is 0 Å². The van der Waals surface area contributed by atoms with Gasteiger partial charge in [-0.3, -0.25) is 0 Å². The monoisotopic (exact) mass is 602 g/mol. The molecule has 0 aromatic rings. The largest absolute Gasteiger partial charge is 2.00 e. The van der Waals surface area contributed by atoms with E-state index < -0.39 is 0 Å². The van der Waals surface area contributed by atoms with Crippen LogP contribution in [-0.2, 0) is 25.3 Å². The van der Waals surface area contributed by atoms with Gasteiger partial charge in [0.1, 0.15) is 0 Å². The minimum atomic E-state index is 0. The van der Waals surface area contributed by atoms with Gasteiger partial charge in [-0.2, -0.15) is 0 Å². The van der Waals surface area contributed by atoms with Gasteiger partial charge < -0.3 is 59.5 Å². The second kappa shape index (κ2) is 27.8. The van der Waals surface area contributed by atoms with E-state index in [0.717, 1.165) is 26.2 Å². The Kier molecular flexibility index (Phi) is 33.9. The van der Waals surface area contributed by atoms with Crippen LogP contribution < -0.4 is 0 Å². The third-order valence-electron chi connectivity index (χ3n) is 4.64. The Bertz CT molecular complexity index is 317. The quantitative estimate of drug-likeness (QED) is 0.0843. The molecule has 0 spiro atoms. The minimum Gasteiger partial charge on any atom is -0.411 e. The summed E-state index contributed by atoms with van der Waals surface area (Å²) in [5.74, 6) is 0. The van der Waals surface area contributed by atoms with Gasteiger partial charge in [-0.25, -0.2) is 0 Å². The summed E-state index contributed by atoms with van der Waals surface area (Å²) in [7, 11) is 0. The smallest absolute Gasteiger partial charge is 0.411 e. The van der Waals surface area contributed by atoms with Gasteiger partial charge in [0.15, 0.2) is 0 Å². The van der Waals surface area contributed by atoms with Crippen LogP contribution in [-0.4, -0.2) is 93.5 Å². The maximum absolute atomic E-state index is 5.06. The number of thiocarbonyl (C=S) groups is 2. The van der Waals surface area contributed by atoms with Crippen LogP contribution in [0.5, 0.6) is 0 Å². The molecule has 0 aromatic heterocycles. The number of hydrogen-bond acceptors (Lipinski definition) is 4. The van der Waals surface area contributed by atoms with Crippen molar-refractivity contribution in [2.45, 2.75) is 105 Å². The zero-order chi connectivity index (χ0) is 21.6. The van der Waals surface area contributed by atoms with Gasteiger partial charge in [-0.1, -0.05) is 87.7 Å². The Labute approximate surface area is 245 Å². The molecule has 0 aromatic carbocycles. The Morgan fingerprint density at radius 1 is 0.517 bits per heavy atom. The van der Waals surface area contributed by atoms with Crippen LogP contribution in [0, 0.1) is 0 Å². The molecule has 0 aliphatic heterocycles. The van der Waals surface area contributed by atoms with Gasteiger partial charge in [0, 0.05) is 26.2 Å². The van der Waals surface area contributed by atoms with Crippen molar-refractivity contribution in [1.82, 2.24) is 9.80 Å². The van der Waals surface area contributed by atoms with Crippen LogP contribution in [0.25, 0.3) is 0 Å². The van der Waals surface area contributed by atoms with E-state index in [0.29, 0.717) is 8.64 Å². The standard InChI is InChI=1S/2C11H23NS2.Ba/c2*1-3-5-7-9-12(11(13)14)10-8-6-4-2;/h2*3-10H2,1-2H3,(H,13,14);/q;;+2/p-2. The number of hydrogen-bond donors (Lipinski definition) is 0. The molecule has 0 saturated carbocycles. The third-order valence-corrected chi connectivity index (χ3v) is 5.68. The number of nitrogens with zero attached hydrogens (tertiary/aromatic N) is 2. The summed E-state index contributed by atoms with van der Waals surface area (Å²) in [6.07, 6.45) is 15.0. The van der Waals surface area contributed by atoms with E-state index in [2.05, 4.69) is 37.5 Å². The van der Waals surface area contributed by atoms with E-state index in [1.807, 2.05) is 0 Å².